The number of hydrogen-bond donors (Lipinski definition) is 2. The first-order valence-electron chi connectivity index (χ1n) is 6.16. The Labute approximate surface area is 112 Å². The third kappa shape index (κ3) is 5.63. The highest BCUT2D eigenvalue weighted by Crippen LogP contribution is 2.12. The Morgan fingerprint density at radius 2 is 2.16 bits per heavy atom. The van der Waals surface area contributed by atoms with Crippen molar-refractivity contribution in [1.82, 2.24) is 4.90 Å². The fourth-order valence-corrected chi connectivity index (χ4v) is 1.65. The molecule has 0 bridgehead atoms. The number of nitrogens with one attached hydrogen (secondary N) is 1. The molecule has 5 heteroatoms. The molecule has 0 radical (unpaired) electrons. The fourth-order valence-electron chi connectivity index (χ4n) is 1.65. The Kier molecular flexibility index (Phi) is 6.78. The van der Waals surface area contributed by atoms with Gasteiger partial charge in [0.1, 0.15) is 5.82 Å². The largest absolute Gasteiger partial charge is 0.395 e. The van der Waals surface area contributed by atoms with Crippen LogP contribution in [-0.4, -0.2) is 42.2 Å². The van der Waals surface area contributed by atoms with E-state index >= 15 is 0 Å². The summed E-state index contributed by atoms with van der Waals surface area (Å²) >= 11 is 0. The second-order valence-corrected chi connectivity index (χ2v) is 4.09. The number of hydrogen-bond acceptors (Lipinski definition) is 3. The predicted molar refractivity (Wildman–Crippen MR) is 73.4 cm³/mol. The van der Waals surface area contributed by atoms with Crippen LogP contribution in [0.15, 0.2) is 36.9 Å². The molecule has 2 N–H and O–H groups in total. The number of aliphatic hydroxyl groups excluding tert-OH is 1. The topological polar surface area (TPSA) is 52.6 Å². The first-order chi connectivity index (χ1) is 9.17. The van der Waals surface area contributed by atoms with Crippen molar-refractivity contribution in [1.29, 1.82) is 0 Å². The molecule has 4 nitrogen and oxygen atoms in total. The van der Waals surface area contributed by atoms with Crippen LogP contribution in [0, 0.1) is 5.82 Å². The number of para-hydroxylation sites is 1. The Balaban J connectivity index is 2.42. The molecule has 1 aromatic rings. The van der Waals surface area contributed by atoms with Gasteiger partial charge >= 0.3 is 0 Å². The first-order valence-corrected chi connectivity index (χ1v) is 6.16. The molecular weight excluding hydrogens is 247 g/mol. The minimum Gasteiger partial charge on any atom is -0.395 e. The van der Waals surface area contributed by atoms with E-state index in [1.54, 1.807) is 18.2 Å². The van der Waals surface area contributed by atoms with Crippen LogP contribution >= 0.6 is 0 Å². The van der Waals surface area contributed by atoms with Gasteiger partial charge in [0.15, 0.2) is 0 Å². The summed E-state index contributed by atoms with van der Waals surface area (Å²) < 4.78 is 13.3. The summed E-state index contributed by atoms with van der Waals surface area (Å²) in [6.45, 7) is 5.23. The van der Waals surface area contributed by atoms with Crippen LogP contribution in [-0.2, 0) is 4.79 Å². The number of benzene rings is 1. The molecule has 0 aliphatic rings. The number of rotatable bonds is 8. The van der Waals surface area contributed by atoms with E-state index in [0.29, 0.717) is 19.6 Å². The van der Waals surface area contributed by atoms with Crippen molar-refractivity contribution in [3.05, 3.63) is 42.7 Å². The van der Waals surface area contributed by atoms with Crippen LogP contribution in [0.5, 0.6) is 0 Å². The van der Waals surface area contributed by atoms with E-state index in [1.807, 2.05) is 4.90 Å². The molecule has 0 unspecified atom stereocenters. The number of nitrogens with zero attached hydrogens (tertiary/aromatic N) is 1. The molecule has 0 spiro atoms. The van der Waals surface area contributed by atoms with E-state index < -0.39 is 5.82 Å². The van der Waals surface area contributed by atoms with Gasteiger partial charge in [-0.1, -0.05) is 18.2 Å². The molecular formula is C14H19FN2O2. The van der Waals surface area contributed by atoms with Crippen LogP contribution in [0.2, 0.25) is 0 Å². The summed E-state index contributed by atoms with van der Waals surface area (Å²) in [6, 6.07) is 6.04. The summed E-state index contributed by atoms with van der Waals surface area (Å²) in [7, 11) is 0. The lowest BCUT2D eigenvalue weighted by atomic mass is 10.3. The van der Waals surface area contributed by atoms with Gasteiger partial charge in [0.05, 0.1) is 12.3 Å². The Morgan fingerprint density at radius 3 is 2.79 bits per heavy atom. The first kappa shape index (κ1) is 15.3. The maximum atomic E-state index is 13.3. The average Bonchev–Trinajstić information content (AvgIpc) is 2.39. The van der Waals surface area contributed by atoms with Crippen molar-refractivity contribution >= 4 is 11.6 Å². The summed E-state index contributed by atoms with van der Waals surface area (Å²) in [5.74, 6) is -0.703. The van der Waals surface area contributed by atoms with E-state index in [9.17, 15) is 9.18 Å². The zero-order valence-corrected chi connectivity index (χ0v) is 10.8. The molecule has 0 aliphatic carbocycles. The molecule has 0 atom stereocenters. The Hall–Kier alpha value is -1.72. The molecule has 1 aromatic carbocycles. The highest BCUT2D eigenvalue weighted by Gasteiger charge is 2.08. The van der Waals surface area contributed by atoms with Gasteiger partial charge in [-0.05, 0) is 12.1 Å². The molecule has 0 saturated heterocycles. The zero-order chi connectivity index (χ0) is 14.1. The highest BCUT2D eigenvalue weighted by molar-refractivity contribution is 5.90. The van der Waals surface area contributed by atoms with Gasteiger partial charge in [-0.15, -0.1) is 6.58 Å². The summed E-state index contributed by atoms with van der Waals surface area (Å²) in [5, 5.41) is 11.4. The van der Waals surface area contributed by atoms with E-state index in [-0.39, 0.29) is 24.6 Å². The minimum absolute atomic E-state index is 0.0305. The van der Waals surface area contributed by atoms with Crippen molar-refractivity contribution in [2.75, 3.05) is 31.6 Å². The molecule has 0 aliphatic heterocycles. The van der Waals surface area contributed by atoms with E-state index in [0.717, 1.165) is 0 Å². The molecule has 104 valence electrons. The number of carbonyl (C=O) groups excluding carboxylic acids is 1. The second-order valence-electron chi connectivity index (χ2n) is 4.09. The maximum Gasteiger partial charge on any atom is 0.225 e. The second kappa shape index (κ2) is 8.39. The third-order valence-corrected chi connectivity index (χ3v) is 2.61. The smallest absolute Gasteiger partial charge is 0.225 e. The van der Waals surface area contributed by atoms with Crippen LogP contribution < -0.4 is 5.32 Å². The molecule has 0 aromatic heterocycles. The highest BCUT2D eigenvalue weighted by atomic mass is 19.1. The summed E-state index contributed by atoms with van der Waals surface area (Å²) in [5.41, 5.74) is 0.185. The van der Waals surface area contributed by atoms with Crippen molar-refractivity contribution in [3.8, 4) is 0 Å². The molecule has 1 rings (SSSR count). The zero-order valence-electron chi connectivity index (χ0n) is 10.8. The predicted octanol–water partition coefficient (Wildman–Crippen LogP) is 1.63. The molecule has 0 saturated carbocycles. The molecule has 1 amide bonds. The lowest BCUT2D eigenvalue weighted by Gasteiger charge is -2.18. The third-order valence-electron chi connectivity index (χ3n) is 2.61. The van der Waals surface area contributed by atoms with Gasteiger partial charge in [-0.25, -0.2) is 4.39 Å². The lowest BCUT2D eigenvalue weighted by Crippen LogP contribution is -2.30. The number of amides is 1. The van der Waals surface area contributed by atoms with Gasteiger partial charge in [-0.2, -0.15) is 0 Å². The monoisotopic (exact) mass is 266 g/mol. The fraction of sp³-hybridized carbons (Fsp3) is 0.357. The minimum atomic E-state index is -0.450. The number of carbonyl (C=O) groups is 1. The van der Waals surface area contributed by atoms with Gasteiger partial charge in [0.25, 0.3) is 0 Å². The maximum absolute atomic E-state index is 13.3. The summed E-state index contributed by atoms with van der Waals surface area (Å²) in [6.07, 6.45) is 1.95. The number of anilines is 1. The van der Waals surface area contributed by atoms with E-state index in [1.165, 1.54) is 12.1 Å². The van der Waals surface area contributed by atoms with Crippen LogP contribution in [0.3, 0.4) is 0 Å². The van der Waals surface area contributed by atoms with Crippen LogP contribution in [0.25, 0.3) is 0 Å². The van der Waals surface area contributed by atoms with Gasteiger partial charge < -0.3 is 10.4 Å². The van der Waals surface area contributed by atoms with Crippen LogP contribution in [0.4, 0.5) is 10.1 Å². The van der Waals surface area contributed by atoms with Crippen molar-refractivity contribution in [2.45, 2.75) is 6.42 Å². The van der Waals surface area contributed by atoms with E-state index in [4.69, 9.17) is 5.11 Å². The summed E-state index contributed by atoms with van der Waals surface area (Å²) in [4.78, 5) is 13.6. The van der Waals surface area contributed by atoms with Crippen molar-refractivity contribution in [2.24, 2.45) is 0 Å². The average molecular weight is 266 g/mol. The molecule has 0 heterocycles. The van der Waals surface area contributed by atoms with Crippen molar-refractivity contribution < 1.29 is 14.3 Å². The molecule has 19 heavy (non-hydrogen) atoms. The molecule has 0 fully saturated rings. The quantitative estimate of drug-likeness (QED) is 0.703. The lowest BCUT2D eigenvalue weighted by molar-refractivity contribution is -0.116. The standard InChI is InChI=1S/C14H19FN2O2/c1-2-8-17(10-11-18)9-7-14(19)16-13-6-4-3-5-12(13)15/h2-6,18H,1,7-11H2,(H,16,19). The Morgan fingerprint density at radius 1 is 1.42 bits per heavy atom. The Bertz CT molecular complexity index is 424. The van der Waals surface area contributed by atoms with Crippen molar-refractivity contribution in [3.63, 3.8) is 0 Å². The van der Waals surface area contributed by atoms with Crippen LogP contribution in [0.1, 0.15) is 6.42 Å². The van der Waals surface area contributed by atoms with Gasteiger partial charge in [-0.3, -0.25) is 9.69 Å². The van der Waals surface area contributed by atoms with E-state index in [2.05, 4.69) is 11.9 Å². The normalized spacial score (nSPS) is 10.5. The van der Waals surface area contributed by atoms with Gasteiger partial charge in [0.2, 0.25) is 5.91 Å². The number of aliphatic hydroxyl groups is 1. The van der Waals surface area contributed by atoms with Gasteiger partial charge in [0, 0.05) is 26.1 Å². The SMILES string of the molecule is C=CCN(CCO)CCC(=O)Nc1ccccc1F. The number of halogens is 1.